The van der Waals surface area contributed by atoms with E-state index in [2.05, 4.69) is 6.08 Å². The summed E-state index contributed by atoms with van der Waals surface area (Å²) >= 11 is 0. The van der Waals surface area contributed by atoms with Gasteiger partial charge in [-0.3, -0.25) is 0 Å². The van der Waals surface area contributed by atoms with E-state index in [9.17, 15) is 8.42 Å². The molecule has 0 bridgehead atoms. The van der Waals surface area contributed by atoms with Crippen molar-refractivity contribution in [2.24, 2.45) is 5.92 Å². The van der Waals surface area contributed by atoms with Gasteiger partial charge in [-0.25, -0.2) is 8.42 Å². The van der Waals surface area contributed by atoms with Crippen LogP contribution < -0.4 is 0 Å². The van der Waals surface area contributed by atoms with E-state index < -0.39 is 14.6 Å². The fourth-order valence-corrected chi connectivity index (χ4v) is 5.61. The minimum Gasteiger partial charge on any atom is -0.302 e. The van der Waals surface area contributed by atoms with Crippen molar-refractivity contribution in [2.75, 3.05) is 14.1 Å². The summed E-state index contributed by atoms with van der Waals surface area (Å²) in [5.74, 6) is 0.292. The molecule has 0 spiro atoms. The van der Waals surface area contributed by atoms with Crippen molar-refractivity contribution in [1.29, 1.82) is 0 Å². The second kappa shape index (κ2) is 3.08. The predicted octanol–water partition coefficient (Wildman–Crippen LogP) is 1.07. The van der Waals surface area contributed by atoms with E-state index >= 15 is 0 Å². The Morgan fingerprint density at radius 1 is 1.33 bits per heavy atom. The number of likely N-dealkylation sites (N-methyl/N-ethyl adjacent to an activating group) is 1. The Morgan fingerprint density at radius 2 is 1.93 bits per heavy atom. The van der Waals surface area contributed by atoms with E-state index in [-0.39, 0.29) is 11.3 Å². The van der Waals surface area contributed by atoms with Gasteiger partial charge in [-0.1, -0.05) is 12.2 Å². The smallest absolute Gasteiger partial charge is 0.160 e. The molecule has 0 radical (unpaired) electrons. The zero-order valence-corrected chi connectivity index (χ0v) is 10.6. The van der Waals surface area contributed by atoms with Crippen LogP contribution in [0.3, 0.4) is 0 Å². The van der Waals surface area contributed by atoms with Crippen molar-refractivity contribution in [2.45, 2.75) is 36.3 Å². The Bertz CT molecular complexity index is 395. The molecule has 3 atom stereocenters. The maximum Gasteiger partial charge on any atom is 0.160 e. The molecule has 0 unspecified atom stereocenters. The van der Waals surface area contributed by atoms with E-state index in [1.807, 2.05) is 38.9 Å². The number of fused-ring (bicyclic) bond motifs is 1. The molecule has 4 heteroatoms. The first-order valence-electron chi connectivity index (χ1n) is 5.36. The summed E-state index contributed by atoms with van der Waals surface area (Å²) < 4.78 is 23.8. The maximum atomic E-state index is 12.2. The lowest BCUT2D eigenvalue weighted by molar-refractivity contribution is 0.214. The number of hydrogen-bond donors (Lipinski definition) is 0. The highest BCUT2D eigenvalue weighted by Crippen LogP contribution is 2.51. The first kappa shape index (κ1) is 11.1. The first-order chi connectivity index (χ1) is 6.80. The van der Waals surface area contributed by atoms with Crippen LogP contribution in [-0.4, -0.2) is 43.5 Å². The van der Waals surface area contributed by atoms with Gasteiger partial charge in [-0.05, 0) is 40.3 Å². The molecule has 1 aliphatic heterocycles. The summed E-state index contributed by atoms with van der Waals surface area (Å²) in [5.41, 5.74) is 0. The van der Waals surface area contributed by atoms with E-state index in [1.165, 1.54) is 0 Å². The van der Waals surface area contributed by atoms with Crippen LogP contribution in [0.1, 0.15) is 20.3 Å². The van der Waals surface area contributed by atoms with Crippen LogP contribution in [0.4, 0.5) is 0 Å². The van der Waals surface area contributed by atoms with Crippen molar-refractivity contribution in [3.05, 3.63) is 12.2 Å². The van der Waals surface area contributed by atoms with E-state index in [0.717, 1.165) is 6.42 Å². The molecule has 0 N–H and O–H groups in total. The molecule has 0 aromatic rings. The number of rotatable bonds is 1. The highest BCUT2D eigenvalue weighted by Gasteiger charge is 2.64. The molecular weight excluding hydrogens is 210 g/mol. The number of allylic oxidation sites excluding steroid dienone is 1. The van der Waals surface area contributed by atoms with Gasteiger partial charge in [0.25, 0.3) is 0 Å². The highest BCUT2D eigenvalue weighted by molar-refractivity contribution is 7.95. The van der Waals surface area contributed by atoms with E-state index in [1.54, 1.807) is 0 Å². The molecule has 1 heterocycles. The Morgan fingerprint density at radius 3 is 2.47 bits per heavy atom. The molecule has 1 fully saturated rings. The van der Waals surface area contributed by atoms with Gasteiger partial charge in [-0.2, -0.15) is 0 Å². The molecular formula is C11H19NO2S. The van der Waals surface area contributed by atoms with Crippen LogP contribution in [0.15, 0.2) is 12.2 Å². The minimum absolute atomic E-state index is 0.0572. The molecule has 3 nitrogen and oxygen atoms in total. The topological polar surface area (TPSA) is 37.4 Å². The number of nitrogens with zero attached hydrogens (tertiary/aromatic N) is 1. The highest BCUT2D eigenvalue weighted by atomic mass is 32.2. The SMILES string of the molecule is CN(C)[C@@H]1C=CC[C@H]2[C@H]1S(=O)(=O)C2(C)C. The van der Waals surface area contributed by atoms with Crippen LogP contribution in [0.25, 0.3) is 0 Å². The average molecular weight is 229 g/mol. The summed E-state index contributed by atoms with van der Waals surface area (Å²) in [7, 11) is 0.938. The molecule has 0 amide bonds. The molecule has 1 aliphatic carbocycles. The molecule has 86 valence electrons. The van der Waals surface area contributed by atoms with Gasteiger partial charge < -0.3 is 4.90 Å². The van der Waals surface area contributed by atoms with Gasteiger partial charge in [0.15, 0.2) is 9.84 Å². The Balaban J connectivity index is 2.40. The van der Waals surface area contributed by atoms with Crippen LogP contribution in [0.2, 0.25) is 0 Å². The number of sulfone groups is 1. The third-order valence-corrected chi connectivity index (χ3v) is 7.13. The van der Waals surface area contributed by atoms with Crippen LogP contribution in [0, 0.1) is 5.92 Å². The molecule has 15 heavy (non-hydrogen) atoms. The fraction of sp³-hybridized carbons (Fsp3) is 0.818. The van der Waals surface area contributed by atoms with Gasteiger partial charge in [0, 0.05) is 6.04 Å². The lowest BCUT2D eigenvalue weighted by Crippen LogP contribution is -2.68. The van der Waals surface area contributed by atoms with Gasteiger partial charge in [0.2, 0.25) is 0 Å². The Hall–Kier alpha value is -0.350. The normalized spacial score (nSPS) is 41.0. The molecule has 1 saturated heterocycles. The third-order valence-electron chi connectivity index (χ3n) is 4.04. The lowest BCUT2D eigenvalue weighted by Gasteiger charge is -2.55. The molecule has 2 aliphatic rings. The monoisotopic (exact) mass is 229 g/mol. The average Bonchev–Trinajstić information content (AvgIpc) is 2.16. The van der Waals surface area contributed by atoms with Crippen LogP contribution >= 0.6 is 0 Å². The summed E-state index contributed by atoms with van der Waals surface area (Å²) in [6.07, 6.45) is 5.07. The summed E-state index contributed by atoms with van der Waals surface area (Å²) in [6.45, 7) is 3.71. The summed E-state index contributed by atoms with van der Waals surface area (Å²) in [5, 5.41) is -0.188. The van der Waals surface area contributed by atoms with Crippen molar-refractivity contribution >= 4 is 9.84 Å². The van der Waals surface area contributed by atoms with E-state index in [0.29, 0.717) is 5.92 Å². The zero-order chi connectivity index (χ0) is 11.4. The van der Waals surface area contributed by atoms with Gasteiger partial charge in [0.05, 0.1) is 10.00 Å². The van der Waals surface area contributed by atoms with Gasteiger partial charge in [-0.15, -0.1) is 0 Å². The van der Waals surface area contributed by atoms with Gasteiger partial charge >= 0.3 is 0 Å². The van der Waals surface area contributed by atoms with Gasteiger partial charge in [0.1, 0.15) is 0 Å². The van der Waals surface area contributed by atoms with Crippen LogP contribution in [0.5, 0.6) is 0 Å². The maximum absolute atomic E-state index is 12.2. The standard InChI is InChI=1S/C11H19NO2S/c1-11(2)8-6-5-7-9(12(3)4)10(8)15(11,13)14/h5,7-10H,6H2,1-4H3/t8-,9+,10+/m0/s1. The quantitative estimate of drug-likeness (QED) is 0.631. The second-order valence-electron chi connectivity index (χ2n) is 5.34. The summed E-state index contributed by atoms with van der Waals surface area (Å²) in [6, 6.07) is 0.0572. The number of hydrogen-bond acceptors (Lipinski definition) is 3. The van der Waals surface area contributed by atoms with Crippen molar-refractivity contribution in [3.63, 3.8) is 0 Å². The zero-order valence-electron chi connectivity index (χ0n) is 9.77. The predicted molar refractivity (Wildman–Crippen MR) is 61.5 cm³/mol. The molecule has 0 aromatic heterocycles. The fourth-order valence-electron chi connectivity index (χ4n) is 2.88. The first-order valence-corrected chi connectivity index (χ1v) is 6.91. The van der Waals surface area contributed by atoms with Crippen molar-refractivity contribution in [3.8, 4) is 0 Å². The van der Waals surface area contributed by atoms with Crippen LogP contribution in [-0.2, 0) is 9.84 Å². The molecule has 0 saturated carbocycles. The Labute approximate surface area is 92.1 Å². The van der Waals surface area contributed by atoms with E-state index in [4.69, 9.17) is 0 Å². The lowest BCUT2D eigenvalue weighted by atomic mass is 9.80. The molecule has 2 rings (SSSR count). The van der Waals surface area contributed by atoms with Crippen molar-refractivity contribution in [1.82, 2.24) is 4.90 Å². The Kier molecular flexibility index (Phi) is 2.29. The third kappa shape index (κ3) is 1.24. The largest absolute Gasteiger partial charge is 0.302 e. The molecule has 0 aromatic carbocycles. The van der Waals surface area contributed by atoms with Crippen molar-refractivity contribution < 1.29 is 8.42 Å². The second-order valence-corrected chi connectivity index (χ2v) is 8.02. The minimum atomic E-state index is -2.95. The summed E-state index contributed by atoms with van der Waals surface area (Å²) in [4.78, 5) is 2.00.